The molecule has 0 saturated heterocycles. The van der Waals surface area contributed by atoms with Gasteiger partial charge in [0, 0.05) is 40.3 Å². The van der Waals surface area contributed by atoms with Crippen LogP contribution in [-0.2, 0) is 4.79 Å². The van der Waals surface area contributed by atoms with Gasteiger partial charge in [0.2, 0.25) is 5.91 Å². The SMILES string of the molecule is COc1cc2c(cc1NC(=O)CC1c3ccccc3Oc3ccccc31)oc1ccccc12. The summed E-state index contributed by atoms with van der Waals surface area (Å²) in [5, 5.41) is 5.01. The van der Waals surface area contributed by atoms with Gasteiger partial charge in [0.25, 0.3) is 0 Å². The van der Waals surface area contributed by atoms with E-state index in [0.717, 1.165) is 39.0 Å². The average molecular weight is 435 g/mol. The molecule has 0 spiro atoms. The summed E-state index contributed by atoms with van der Waals surface area (Å²) < 4.78 is 17.6. The van der Waals surface area contributed by atoms with Crippen LogP contribution in [0.3, 0.4) is 0 Å². The maximum atomic E-state index is 13.2. The van der Waals surface area contributed by atoms with Crippen molar-refractivity contribution in [3.05, 3.63) is 96.1 Å². The fourth-order valence-electron chi connectivity index (χ4n) is 4.63. The molecule has 1 aliphatic rings. The quantitative estimate of drug-likeness (QED) is 0.335. The number of amides is 1. The Balaban J connectivity index is 1.34. The van der Waals surface area contributed by atoms with Gasteiger partial charge in [-0.1, -0.05) is 54.6 Å². The van der Waals surface area contributed by atoms with Gasteiger partial charge in [-0.05, 0) is 24.3 Å². The predicted octanol–water partition coefficient (Wildman–Crippen LogP) is 6.86. The zero-order valence-corrected chi connectivity index (χ0v) is 18.0. The number of hydrogen-bond acceptors (Lipinski definition) is 4. The molecule has 0 saturated carbocycles. The Morgan fingerprint density at radius 2 is 1.52 bits per heavy atom. The van der Waals surface area contributed by atoms with Crippen LogP contribution >= 0.6 is 0 Å². The topological polar surface area (TPSA) is 60.7 Å². The smallest absolute Gasteiger partial charge is 0.225 e. The molecule has 0 fully saturated rings. The monoisotopic (exact) mass is 435 g/mol. The Morgan fingerprint density at radius 1 is 0.848 bits per heavy atom. The second-order valence-electron chi connectivity index (χ2n) is 8.13. The van der Waals surface area contributed by atoms with Crippen LogP contribution in [0.1, 0.15) is 23.5 Å². The van der Waals surface area contributed by atoms with Crippen molar-refractivity contribution in [2.24, 2.45) is 0 Å². The molecule has 5 nitrogen and oxygen atoms in total. The first kappa shape index (κ1) is 19.4. The first-order valence-corrected chi connectivity index (χ1v) is 10.9. The Labute approximate surface area is 190 Å². The van der Waals surface area contributed by atoms with E-state index in [9.17, 15) is 4.79 Å². The van der Waals surface area contributed by atoms with E-state index in [1.165, 1.54) is 0 Å². The summed E-state index contributed by atoms with van der Waals surface area (Å²) in [6.45, 7) is 0. The molecule has 0 atom stereocenters. The minimum atomic E-state index is -0.111. The van der Waals surface area contributed by atoms with Crippen LogP contribution in [0.5, 0.6) is 17.2 Å². The number of benzene rings is 4. The highest BCUT2D eigenvalue weighted by molar-refractivity contribution is 6.07. The summed E-state index contributed by atoms with van der Waals surface area (Å²) in [6, 6.07) is 27.3. The van der Waals surface area contributed by atoms with Gasteiger partial charge in [-0.3, -0.25) is 4.79 Å². The van der Waals surface area contributed by atoms with Gasteiger partial charge in [0.1, 0.15) is 28.4 Å². The third-order valence-electron chi connectivity index (χ3n) is 6.17. The van der Waals surface area contributed by atoms with E-state index in [2.05, 4.69) is 5.32 Å². The largest absolute Gasteiger partial charge is 0.495 e. The van der Waals surface area contributed by atoms with Gasteiger partial charge in [-0.15, -0.1) is 0 Å². The van der Waals surface area contributed by atoms with E-state index in [1.807, 2.05) is 84.9 Å². The summed E-state index contributed by atoms with van der Waals surface area (Å²) >= 11 is 0. The molecule has 6 rings (SSSR count). The normalized spacial score (nSPS) is 12.8. The zero-order chi connectivity index (χ0) is 22.4. The number of rotatable bonds is 4. The molecule has 0 unspecified atom stereocenters. The second kappa shape index (κ2) is 7.71. The van der Waals surface area contributed by atoms with Gasteiger partial charge in [0.05, 0.1) is 12.8 Å². The minimum Gasteiger partial charge on any atom is -0.495 e. The number of ether oxygens (including phenoxy) is 2. The molecule has 5 heteroatoms. The van der Waals surface area contributed by atoms with E-state index >= 15 is 0 Å². The van der Waals surface area contributed by atoms with E-state index in [1.54, 1.807) is 7.11 Å². The number of hydrogen-bond donors (Lipinski definition) is 1. The molecule has 1 aliphatic heterocycles. The number of para-hydroxylation sites is 3. The molecule has 0 aliphatic carbocycles. The zero-order valence-electron chi connectivity index (χ0n) is 18.0. The van der Waals surface area contributed by atoms with Gasteiger partial charge in [-0.25, -0.2) is 0 Å². The van der Waals surface area contributed by atoms with Crippen LogP contribution in [0.4, 0.5) is 5.69 Å². The number of furan rings is 1. The first-order chi connectivity index (χ1) is 16.2. The standard InChI is InChI=1S/C28H21NO4/c1-31-27-14-21-19-10-4-7-13-25(19)33-26(21)16-22(27)29-28(30)15-20-17-8-2-5-11-23(17)32-24-12-6-3-9-18(20)24/h2-14,16,20H,15H2,1H3,(H,29,30). The molecule has 5 aromatic rings. The van der Waals surface area contributed by atoms with Gasteiger partial charge < -0.3 is 19.2 Å². The van der Waals surface area contributed by atoms with Crippen LogP contribution in [0, 0.1) is 0 Å². The third kappa shape index (κ3) is 3.29. The van der Waals surface area contributed by atoms with Gasteiger partial charge >= 0.3 is 0 Å². The molecule has 1 amide bonds. The lowest BCUT2D eigenvalue weighted by Gasteiger charge is -2.28. The third-order valence-corrected chi connectivity index (χ3v) is 6.17. The van der Waals surface area contributed by atoms with Crippen molar-refractivity contribution < 1.29 is 18.7 Å². The van der Waals surface area contributed by atoms with Crippen molar-refractivity contribution in [3.63, 3.8) is 0 Å². The molecule has 162 valence electrons. The van der Waals surface area contributed by atoms with Crippen molar-refractivity contribution >= 4 is 33.5 Å². The minimum absolute atomic E-state index is 0.105. The van der Waals surface area contributed by atoms with Crippen LogP contribution in [0.15, 0.2) is 89.3 Å². The molecule has 0 bridgehead atoms. The summed E-state index contributed by atoms with van der Waals surface area (Å²) in [7, 11) is 1.60. The Morgan fingerprint density at radius 3 is 2.24 bits per heavy atom. The molecule has 1 aromatic heterocycles. The summed E-state index contributed by atoms with van der Waals surface area (Å²) in [6.07, 6.45) is 0.276. The molecular weight excluding hydrogens is 414 g/mol. The number of anilines is 1. The number of fused-ring (bicyclic) bond motifs is 5. The number of carbonyl (C=O) groups is 1. The Bertz CT molecular complexity index is 1470. The number of carbonyl (C=O) groups excluding carboxylic acids is 1. The first-order valence-electron chi connectivity index (χ1n) is 10.9. The Hall–Kier alpha value is -4.25. The van der Waals surface area contributed by atoms with Crippen LogP contribution in [0.2, 0.25) is 0 Å². The van der Waals surface area contributed by atoms with Crippen molar-refractivity contribution in [2.75, 3.05) is 12.4 Å². The average Bonchev–Trinajstić information content (AvgIpc) is 3.20. The maximum absolute atomic E-state index is 13.2. The lowest BCUT2D eigenvalue weighted by atomic mass is 9.85. The highest BCUT2D eigenvalue weighted by Crippen LogP contribution is 2.45. The molecule has 0 radical (unpaired) electrons. The van der Waals surface area contributed by atoms with Crippen molar-refractivity contribution in [2.45, 2.75) is 12.3 Å². The van der Waals surface area contributed by atoms with Crippen molar-refractivity contribution in [3.8, 4) is 17.2 Å². The van der Waals surface area contributed by atoms with Gasteiger partial charge in [-0.2, -0.15) is 0 Å². The Kier molecular flexibility index (Phi) is 4.54. The predicted molar refractivity (Wildman–Crippen MR) is 128 cm³/mol. The number of nitrogens with one attached hydrogen (secondary N) is 1. The van der Waals surface area contributed by atoms with Crippen LogP contribution in [0.25, 0.3) is 21.9 Å². The highest BCUT2D eigenvalue weighted by atomic mass is 16.5. The number of methoxy groups -OCH3 is 1. The summed E-state index contributed by atoms with van der Waals surface area (Å²) in [5.41, 5.74) is 4.10. The molecule has 33 heavy (non-hydrogen) atoms. The lowest BCUT2D eigenvalue weighted by molar-refractivity contribution is -0.116. The fourth-order valence-corrected chi connectivity index (χ4v) is 4.63. The second-order valence-corrected chi connectivity index (χ2v) is 8.13. The van der Waals surface area contributed by atoms with E-state index in [0.29, 0.717) is 17.0 Å². The lowest BCUT2D eigenvalue weighted by Crippen LogP contribution is -2.19. The van der Waals surface area contributed by atoms with E-state index in [4.69, 9.17) is 13.9 Å². The van der Waals surface area contributed by atoms with E-state index in [-0.39, 0.29) is 18.2 Å². The van der Waals surface area contributed by atoms with Crippen molar-refractivity contribution in [1.82, 2.24) is 0 Å². The van der Waals surface area contributed by atoms with Crippen LogP contribution in [-0.4, -0.2) is 13.0 Å². The molecular formula is C28H21NO4. The summed E-state index contributed by atoms with van der Waals surface area (Å²) in [4.78, 5) is 13.2. The molecule has 4 aromatic carbocycles. The van der Waals surface area contributed by atoms with Crippen molar-refractivity contribution in [1.29, 1.82) is 0 Å². The van der Waals surface area contributed by atoms with E-state index < -0.39 is 0 Å². The molecule has 1 N–H and O–H groups in total. The van der Waals surface area contributed by atoms with Crippen LogP contribution < -0.4 is 14.8 Å². The fraction of sp³-hybridized carbons (Fsp3) is 0.107. The summed E-state index contributed by atoms with van der Waals surface area (Å²) in [5.74, 6) is 1.95. The maximum Gasteiger partial charge on any atom is 0.225 e. The van der Waals surface area contributed by atoms with Gasteiger partial charge in [0.15, 0.2) is 0 Å². The molecule has 2 heterocycles. The highest BCUT2D eigenvalue weighted by Gasteiger charge is 2.29.